The summed E-state index contributed by atoms with van der Waals surface area (Å²) >= 11 is 0. The summed E-state index contributed by atoms with van der Waals surface area (Å²) in [5, 5.41) is 8.21. The van der Waals surface area contributed by atoms with Gasteiger partial charge in [0.25, 0.3) is 0 Å². The number of carbonyl (C=O) groups excluding carboxylic acids is 2. The summed E-state index contributed by atoms with van der Waals surface area (Å²) in [7, 11) is 0. The van der Waals surface area contributed by atoms with E-state index in [9.17, 15) is 9.59 Å². The maximum Gasteiger partial charge on any atom is 0.411 e. The van der Waals surface area contributed by atoms with Crippen LogP contribution in [0, 0.1) is 0 Å². The second-order valence-corrected chi connectivity index (χ2v) is 5.57. The van der Waals surface area contributed by atoms with Crippen LogP contribution in [-0.4, -0.2) is 25.3 Å². The number of rotatable bonds is 6. The Hall–Kier alpha value is -3.02. The molecule has 0 saturated heterocycles. The predicted molar refractivity (Wildman–Crippen MR) is 99.0 cm³/mol. The minimum Gasteiger partial charge on any atom is -0.450 e. The summed E-state index contributed by atoms with van der Waals surface area (Å²) in [6.45, 7) is 4.65. The standard InChI is InChI=1S/C19H23N3O3/c1-3-25-19(24)22-17-11-9-16(10-12-17)21-18(23)20-13-14(2)15-7-5-4-6-8-15/h4-12,14H,3,13H2,1-2H3,(H,22,24)(H2,20,21,23). The molecule has 3 amide bonds. The van der Waals surface area contributed by atoms with Crippen molar-refractivity contribution in [3.05, 3.63) is 60.2 Å². The summed E-state index contributed by atoms with van der Waals surface area (Å²) in [6.07, 6.45) is -0.504. The fourth-order valence-electron chi connectivity index (χ4n) is 2.24. The molecule has 6 heteroatoms. The molecule has 0 radical (unpaired) electrons. The Kier molecular flexibility index (Phi) is 6.83. The summed E-state index contributed by atoms with van der Waals surface area (Å²) in [6, 6.07) is 16.6. The van der Waals surface area contributed by atoms with Crippen molar-refractivity contribution in [1.82, 2.24) is 5.32 Å². The van der Waals surface area contributed by atoms with Gasteiger partial charge in [-0.3, -0.25) is 5.32 Å². The van der Waals surface area contributed by atoms with Gasteiger partial charge >= 0.3 is 12.1 Å². The first-order chi connectivity index (χ1) is 12.1. The van der Waals surface area contributed by atoms with Crippen LogP contribution in [-0.2, 0) is 4.74 Å². The molecule has 0 aliphatic carbocycles. The lowest BCUT2D eigenvalue weighted by molar-refractivity contribution is 0.168. The van der Waals surface area contributed by atoms with Gasteiger partial charge in [0, 0.05) is 17.9 Å². The fourth-order valence-corrected chi connectivity index (χ4v) is 2.24. The lowest BCUT2D eigenvalue weighted by Gasteiger charge is -2.14. The van der Waals surface area contributed by atoms with E-state index in [4.69, 9.17) is 4.74 Å². The summed E-state index contributed by atoms with van der Waals surface area (Å²) < 4.78 is 4.80. The number of benzene rings is 2. The van der Waals surface area contributed by atoms with Crippen LogP contribution in [0.4, 0.5) is 21.0 Å². The first-order valence-corrected chi connectivity index (χ1v) is 8.22. The predicted octanol–water partition coefficient (Wildman–Crippen LogP) is 4.18. The molecule has 132 valence electrons. The third kappa shape index (κ3) is 6.18. The van der Waals surface area contributed by atoms with Crippen LogP contribution in [0.15, 0.2) is 54.6 Å². The highest BCUT2D eigenvalue weighted by molar-refractivity contribution is 5.90. The van der Waals surface area contributed by atoms with Crippen LogP contribution in [0.1, 0.15) is 25.3 Å². The third-order valence-corrected chi connectivity index (χ3v) is 3.60. The van der Waals surface area contributed by atoms with Gasteiger partial charge in [-0.15, -0.1) is 0 Å². The molecule has 0 spiro atoms. The molecule has 0 saturated carbocycles. The Bertz CT molecular complexity index is 687. The number of anilines is 2. The van der Waals surface area contributed by atoms with Crippen molar-refractivity contribution in [3.63, 3.8) is 0 Å². The second-order valence-electron chi connectivity index (χ2n) is 5.57. The number of hydrogen-bond acceptors (Lipinski definition) is 3. The molecule has 0 aliphatic heterocycles. The molecular formula is C19H23N3O3. The molecule has 2 rings (SSSR count). The molecule has 0 aliphatic rings. The number of ether oxygens (including phenoxy) is 1. The van der Waals surface area contributed by atoms with Crippen molar-refractivity contribution in [2.75, 3.05) is 23.8 Å². The Morgan fingerprint density at radius 1 is 0.960 bits per heavy atom. The maximum absolute atomic E-state index is 12.0. The zero-order chi connectivity index (χ0) is 18.1. The Morgan fingerprint density at radius 3 is 2.16 bits per heavy atom. The van der Waals surface area contributed by atoms with Crippen molar-refractivity contribution in [1.29, 1.82) is 0 Å². The quantitative estimate of drug-likeness (QED) is 0.737. The zero-order valence-corrected chi connectivity index (χ0v) is 14.4. The van der Waals surface area contributed by atoms with Gasteiger partial charge in [-0.2, -0.15) is 0 Å². The molecular weight excluding hydrogens is 318 g/mol. The maximum atomic E-state index is 12.0. The van der Waals surface area contributed by atoms with Gasteiger partial charge in [-0.25, -0.2) is 9.59 Å². The fraction of sp³-hybridized carbons (Fsp3) is 0.263. The van der Waals surface area contributed by atoms with Crippen molar-refractivity contribution < 1.29 is 14.3 Å². The van der Waals surface area contributed by atoms with Crippen LogP contribution < -0.4 is 16.0 Å². The van der Waals surface area contributed by atoms with Crippen LogP contribution in [0.2, 0.25) is 0 Å². The largest absolute Gasteiger partial charge is 0.450 e. The average Bonchev–Trinajstić information content (AvgIpc) is 2.62. The summed E-state index contributed by atoms with van der Waals surface area (Å²) in [5.74, 6) is 0.225. The van der Waals surface area contributed by atoms with E-state index in [1.165, 1.54) is 5.56 Å². The molecule has 0 aromatic heterocycles. The van der Waals surface area contributed by atoms with E-state index in [0.29, 0.717) is 24.5 Å². The van der Waals surface area contributed by atoms with Gasteiger partial charge in [0.2, 0.25) is 0 Å². The molecule has 1 atom stereocenters. The van der Waals surface area contributed by atoms with E-state index in [2.05, 4.69) is 22.9 Å². The van der Waals surface area contributed by atoms with Gasteiger partial charge in [-0.1, -0.05) is 37.3 Å². The molecule has 0 bridgehead atoms. The minimum atomic E-state index is -0.504. The summed E-state index contributed by atoms with van der Waals surface area (Å²) in [4.78, 5) is 23.3. The van der Waals surface area contributed by atoms with Gasteiger partial charge in [0.1, 0.15) is 0 Å². The highest BCUT2D eigenvalue weighted by atomic mass is 16.5. The first-order valence-electron chi connectivity index (χ1n) is 8.22. The minimum absolute atomic E-state index is 0.225. The first kappa shape index (κ1) is 18.3. The molecule has 1 unspecified atom stereocenters. The van der Waals surface area contributed by atoms with E-state index in [1.807, 2.05) is 30.3 Å². The van der Waals surface area contributed by atoms with Crippen LogP contribution in [0.3, 0.4) is 0 Å². The van der Waals surface area contributed by atoms with Crippen LogP contribution >= 0.6 is 0 Å². The van der Waals surface area contributed by atoms with E-state index in [0.717, 1.165) is 0 Å². The topological polar surface area (TPSA) is 79.5 Å². The zero-order valence-electron chi connectivity index (χ0n) is 14.4. The average molecular weight is 341 g/mol. The van der Waals surface area contributed by atoms with Crippen molar-refractivity contribution in [2.45, 2.75) is 19.8 Å². The number of nitrogens with one attached hydrogen (secondary N) is 3. The van der Waals surface area contributed by atoms with E-state index in [-0.39, 0.29) is 11.9 Å². The molecule has 2 aromatic rings. The van der Waals surface area contributed by atoms with E-state index in [1.54, 1.807) is 31.2 Å². The molecule has 2 aromatic carbocycles. The van der Waals surface area contributed by atoms with E-state index < -0.39 is 6.09 Å². The van der Waals surface area contributed by atoms with Crippen molar-refractivity contribution in [3.8, 4) is 0 Å². The van der Waals surface area contributed by atoms with Crippen LogP contribution in [0.5, 0.6) is 0 Å². The highest BCUT2D eigenvalue weighted by Gasteiger charge is 2.08. The van der Waals surface area contributed by atoms with Crippen LogP contribution in [0.25, 0.3) is 0 Å². The molecule has 0 heterocycles. The highest BCUT2D eigenvalue weighted by Crippen LogP contribution is 2.15. The van der Waals surface area contributed by atoms with Crippen molar-refractivity contribution in [2.24, 2.45) is 0 Å². The van der Waals surface area contributed by atoms with Gasteiger partial charge in [0.05, 0.1) is 6.61 Å². The molecule has 6 nitrogen and oxygen atoms in total. The third-order valence-electron chi connectivity index (χ3n) is 3.60. The molecule has 0 fully saturated rings. The van der Waals surface area contributed by atoms with Gasteiger partial charge in [-0.05, 0) is 42.7 Å². The normalized spacial score (nSPS) is 11.3. The number of urea groups is 1. The number of amides is 3. The number of carbonyl (C=O) groups is 2. The monoisotopic (exact) mass is 341 g/mol. The smallest absolute Gasteiger partial charge is 0.411 e. The Morgan fingerprint density at radius 2 is 1.56 bits per heavy atom. The number of hydrogen-bond donors (Lipinski definition) is 3. The SMILES string of the molecule is CCOC(=O)Nc1ccc(NC(=O)NCC(C)c2ccccc2)cc1. The Labute approximate surface area is 147 Å². The summed E-state index contributed by atoms with van der Waals surface area (Å²) in [5.41, 5.74) is 2.42. The van der Waals surface area contributed by atoms with Gasteiger partial charge < -0.3 is 15.4 Å². The second kappa shape index (κ2) is 9.32. The lowest BCUT2D eigenvalue weighted by Crippen LogP contribution is -2.31. The molecule has 25 heavy (non-hydrogen) atoms. The van der Waals surface area contributed by atoms with Gasteiger partial charge in [0.15, 0.2) is 0 Å². The molecule has 3 N–H and O–H groups in total. The Balaban J connectivity index is 1.79. The van der Waals surface area contributed by atoms with Crippen molar-refractivity contribution >= 4 is 23.5 Å². The lowest BCUT2D eigenvalue weighted by atomic mass is 10.0. The van der Waals surface area contributed by atoms with E-state index >= 15 is 0 Å².